The first kappa shape index (κ1) is 14.7. The Morgan fingerprint density at radius 2 is 2.33 bits per heavy atom. The highest BCUT2D eigenvalue weighted by Crippen LogP contribution is 2.14. The van der Waals surface area contributed by atoms with Gasteiger partial charge in [0.1, 0.15) is 0 Å². The van der Waals surface area contributed by atoms with Gasteiger partial charge in [-0.3, -0.25) is 4.79 Å². The zero-order valence-corrected chi connectivity index (χ0v) is 10.5. The van der Waals surface area contributed by atoms with Crippen LogP contribution >= 0.6 is 12.4 Å². The van der Waals surface area contributed by atoms with Gasteiger partial charge in [0.15, 0.2) is 0 Å². The highest BCUT2D eigenvalue weighted by molar-refractivity contribution is 5.85. The second-order valence-electron chi connectivity index (χ2n) is 3.89. The van der Waals surface area contributed by atoms with Crippen molar-refractivity contribution in [3.63, 3.8) is 0 Å². The van der Waals surface area contributed by atoms with Gasteiger partial charge < -0.3 is 15.0 Å². The van der Waals surface area contributed by atoms with Gasteiger partial charge in [-0.1, -0.05) is 6.92 Å². The Balaban J connectivity index is 0.00000196. The molecule has 1 aliphatic rings. The van der Waals surface area contributed by atoms with Gasteiger partial charge in [0.25, 0.3) is 0 Å². The zero-order chi connectivity index (χ0) is 10.6. The van der Waals surface area contributed by atoms with Crippen LogP contribution < -0.4 is 5.32 Å². The number of hydrogen-bond donors (Lipinski definition) is 1. The molecule has 0 aromatic rings. The molecule has 1 heterocycles. The number of rotatable bonds is 4. The van der Waals surface area contributed by atoms with Crippen LogP contribution in [0.25, 0.3) is 0 Å². The minimum atomic E-state index is 0. The average molecular weight is 237 g/mol. The van der Waals surface area contributed by atoms with E-state index in [4.69, 9.17) is 4.74 Å². The molecule has 2 atom stereocenters. The molecule has 0 aromatic carbocycles. The number of hydrogen-bond acceptors (Lipinski definition) is 3. The van der Waals surface area contributed by atoms with Crippen molar-refractivity contribution in [1.82, 2.24) is 10.2 Å². The Labute approximate surface area is 97.8 Å². The normalized spacial score (nSPS) is 22.3. The summed E-state index contributed by atoms with van der Waals surface area (Å²) in [5.74, 6) is 0.300. The summed E-state index contributed by atoms with van der Waals surface area (Å²) in [7, 11) is 3.57. The first-order chi connectivity index (χ1) is 6.69. The van der Waals surface area contributed by atoms with Crippen LogP contribution in [-0.2, 0) is 9.53 Å². The molecule has 5 heteroatoms. The molecule has 0 aromatic heterocycles. The molecule has 1 saturated heterocycles. The number of halogens is 1. The molecule has 0 spiro atoms. The lowest BCUT2D eigenvalue weighted by Crippen LogP contribution is -2.37. The number of likely N-dealkylation sites (tertiary alicyclic amines) is 1. The van der Waals surface area contributed by atoms with Crippen LogP contribution in [0.1, 0.15) is 13.3 Å². The summed E-state index contributed by atoms with van der Waals surface area (Å²) in [6.45, 7) is 4.29. The summed E-state index contributed by atoms with van der Waals surface area (Å²) in [4.78, 5) is 13.7. The number of carbonyl (C=O) groups excluding carboxylic acids is 1. The lowest BCUT2D eigenvalue weighted by atomic mass is 10.1. The maximum absolute atomic E-state index is 11.8. The molecule has 1 rings (SSSR count). The van der Waals surface area contributed by atoms with Crippen molar-refractivity contribution in [2.45, 2.75) is 19.4 Å². The van der Waals surface area contributed by atoms with Crippen LogP contribution in [0.2, 0.25) is 0 Å². The Hall–Kier alpha value is -0.320. The highest BCUT2D eigenvalue weighted by atomic mass is 35.5. The molecule has 15 heavy (non-hydrogen) atoms. The van der Waals surface area contributed by atoms with Crippen molar-refractivity contribution < 1.29 is 9.53 Å². The van der Waals surface area contributed by atoms with Crippen LogP contribution in [0.5, 0.6) is 0 Å². The van der Waals surface area contributed by atoms with E-state index in [0.29, 0.717) is 0 Å². The first-order valence-electron chi connectivity index (χ1n) is 5.15. The maximum atomic E-state index is 11.8. The van der Waals surface area contributed by atoms with Crippen molar-refractivity contribution >= 4 is 18.3 Å². The van der Waals surface area contributed by atoms with Gasteiger partial charge in [-0.05, 0) is 13.5 Å². The van der Waals surface area contributed by atoms with Gasteiger partial charge in [0.2, 0.25) is 5.91 Å². The monoisotopic (exact) mass is 236 g/mol. The smallest absolute Gasteiger partial charge is 0.226 e. The van der Waals surface area contributed by atoms with Crippen molar-refractivity contribution in [1.29, 1.82) is 0 Å². The summed E-state index contributed by atoms with van der Waals surface area (Å²) in [6, 6.07) is 0. The van der Waals surface area contributed by atoms with E-state index in [1.54, 1.807) is 7.11 Å². The molecule has 0 bridgehead atoms. The number of ether oxygens (including phenoxy) is 1. The number of nitrogens with zero attached hydrogens (tertiary/aromatic N) is 1. The lowest BCUT2D eigenvalue weighted by Gasteiger charge is -2.20. The van der Waals surface area contributed by atoms with Crippen LogP contribution in [0.4, 0.5) is 0 Å². The minimum absolute atomic E-state index is 0. The second kappa shape index (κ2) is 7.04. The Kier molecular flexibility index (Phi) is 6.89. The van der Waals surface area contributed by atoms with Gasteiger partial charge in [-0.15, -0.1) is 12.4 Å². The van der Waals surface area contributed by atoms with Gasteiger partial charge >= 0.3 is 0 Å². The topological polar surface area (TPSA) is 41.6 Å². The van der Waals surface area contributed by atoms with E-state index in [9.17, 15) is 4.79 Å². The van der Waals surface area contributed by atoms with Gasteiger partial charge in [0, 0.05) is 32.7 Å². The number of methoxy groups -OCH3 is 1. The molecule has 0 aliphatic carbocycles. The molecule has 1 N–H and O–H groups in total. The third-order valence-corrected chi connectivity index (χ3v) is 2.72. The van der Waals surface area contributed by atoms with E-state index in [2.05, 4.69) is 5.32 Å². The van der Waals surface area contributed by atoms with Crippen LogP contribution in [0, 0.1) is 5.92 Å². The predicted molar refractivity (Wildman–Crippen MR) is 62.3 cm³/mol. The number of amides is 1. The zero-order valence-electron chi connectivity index (χ0n) is 9.66. The fourth-order valence-electron chi connectivity index (χ4n) is 1.83. The fourth-order valence-corrected chi connectivity index (χ4v) is 1.83. The van der Waals surface area contributed by atoms with Crippen molar-refractivity contribution in [3.8, 4) is 0 Å². The summed E-state index contributed by atoms with van der Waals surface area (Å²) in [6.07, 6.45) is 1.20. The van der Waals surface area contributed by atoms with Crippen molar-refractivity contribution in [2.75, 3.05) is 33.8 Å². The van der Waals surface area contributed by atoms with Gasteiger partial charge in [-0.2, -0.15) is 0 Å². The summed E-state index contributed by atoms with van der Waals surface area (Å²) >= 11 is 0. The Bertz CT molecular complexity index is 202. The summed E-state index contributed by atoms with van der Waals surface area (Å²) in [5.41, 5.74) is 0. The lowest BCUT2D eigenvalue weighted by molar-refractivity contribution is -0.134. The Morgan fingerprint density at radius 1 is 1.67 bits per heavy atom. The maximum Gasteiger partial charge on any atom is 0.226 e. The molecule has 1 aliphatic heterocycles. The SMILES string of the molecule is CNCC(C)C(=O)N1CC[C@@H](OC)C1.Cl. The second-order valence-corrected chi connectivity index (χ2v) is 3.89. The standard InChI is InChI=1S/C10H20N2O2.ClH/c1-8(6-11-2)10(13)12-5-4-9(7-12)14-3;/h8-9,11H,4-7H2,1-3H3;1H/t8?,9-;/m1./s1. The molecule has 1 amide bonds. The summed E-state index contributed by atoms with van der Waals surface area (Å²) in [5, 5.41) is 3.02. The molecular weight excluding hydrogens is 216 g/mol. The molecular formula is C10H21ClN2O2. The van der Waals surface area contributed by atoms with Crippen LogP contribution in [0.15, 0.2) is 0 Å². The number of carbonyl (C=O) groups is 1. The predicted octanol–water partition coefficient (Wildman–Crippen LogP) is 0.511. The molecule has 0 radical (unpaired) electrons. The number of nitrogens with one attached hydrogen (secondary N) is 1. The first-order valence-corrected chi connectivity index (χ1v) is 5.15. The van der Waals surface area contributed by atoms with Crippen LogP contribution in [-0.4, -0.2) is 50.7 Å². The Morgan fingerprint density at radius 3 is 2.80 bits per heavy atom. The summed E-state index contributed by atoms with van der Waals surface area (Å²) < 4.78 is 5.22. The van der Waals surface area contributed by atoms with Crippen molar-refractivity contribution in [3.05, 3.63) is 0 Å². The molecule has 90 valence electrons. The van der Waals surface area contributed by atoms with Crippen LogP contribution in [0.3, 0.4) is 0 Å². The van der Waals surface area contributed by atoms with E-state index in [1.165, 1.54) is 0 Å². The third-order valence-electron chi connectivity index (χ3n) is 2.72. The minimum Gasteiger partial charge on any atom is -0.380 e. The van der Waals surface area contributed by atoms with E-state index in [0.717, 1.165) is 26.1 Å². The molecule has 4 nitrogen and oxygen atoms in total. The molecule has 1 unspecified atom stereocenters. The van der Waals surface area contributed by atoms with Gasteiger partial charge in [-0.25, -0.2) is 0 Å². The average Bonchev–Trinajstić information content (AvgIpc) is 2.65. The molecule has 1 fully saturated rings. The van der Waals surface area contributed by atoms with E-state index < -0.39 is 0 Å². The van der Waals surface area contributed by atoms with E-state index in [-0.39, 0.29) is 30.3 Å². The third kappa shape index (κ3) is 3.97. The largest absolute Gasteiger partial charge is 0.380 e. The highest BCUT2D eigenvalue weighted by Gasteiger charge is 2.28. The fraction of sp³-hybridized carbons (Fsp3) is 0.900. The quantitative estimate of drug-likeness (QED) is 0.774. The van der Waals surface area contributed by atoms with E-state index >= 15 is 0 Å². The van der Waals surface area contributed by atoms with E-state index in [1.807, 2.05) is 18.9 Å². The van der Waals surface area contributed by atoms with Gasteiger partial charge in [0.05, 0.1) is 6.10 Å². The van der Waals surface area contributed by atoms with Crippen molar-refractivity contribution in [2.24, 2.45) is 5.92 Å². The molecule has 0 saturated carbocycles.